The number of aromatic nitrogens is 6. The third kappa shape index (κ3) is 3.06. The molecular weight excluding hydrogens is 444 g/mol. The van der Waals surface area contributed by atoms with Crippen LogP contribution in [0.4, 0.5) is 0 Å². The Morgan fingerprint density at radius 1 is 1.18 bits per heavy atom. The van der Waals surface area contributed by atoms with Gasteiger partial charge < -0.3 is 4.52 Å². The van der Waals surface area contributed by atoms with Crippen LogP contribution in [0.5, 0.6) is 0 Å². The maximum atomic E-state index is 12.8. The summed E-state index contributed by atoms with van der Waals surface area (Å²) in [5, 5.41) is 14.5. The number of benzene rings is 1. The Morgan fingerprint density at radius 2 is 2.04 bits per heavy atom. The second-order valence-electron chi connectivity index (χ2n) is 5.95. The monoisotopic (exact) mass is 454 g/mol. The first-order valence-corrected chi connectivity index (χ1v) is 9.92. The molecule has 138 valence electrons. The summed E-state index contributed by atoms with van der Waals surface area (Å²) in [4.78, 5) is 18.1. The fraction of sp³-hybridized carbons (Fsp3) is 0.0556. The molecular formula is C18H11BrN6O2S. The van der Waals surface area contributed by atoms with E-state index in [1.54, 1.807) is 17.4 Å². The molecule has 1 aromatic carbocycles. The molecule has 0 bridgehead atoms. The topological polar surface area (TPSA) is 91.1 Å². The van der Waals surface area contributed by atoms with Crippen molar-refractivity contribution in [2.75, 3.05) is 0 Å². The van der Waals surface area contributed by atoms with Gasteiger partial charge in [-0.1, -0.05) is 27.2 Å². The van der Waals surface area contributed by atoms with Crippen molar-refractivity contribution in [1.29, 1.82) is 0 Å². The Hall–Kier alpha value is -3.11. The van der Waals surface area contributed by atoms with E-state index in [0.717, 1.165) is 20.6 Å². The molecule has 5 aromatic rings. The molecule has 0 spiro atoms. The zero-order chi connectivity index (χ0) is 19.1. The second-order valence-corrected chi connectivity index (χ2v) is 7.81. The minimum absolute atomic E-state index is 0.0817. The van der Waals surface area contributed by atoms with Crippen molar-refractivity contribution in [3.63, 3.8) is 0 Å². The van der Waals surface area contributed by atoms with E-state index in [1.165, 1.54) is 15.5 Å². The molecule has 4 aromatic heterocycles. The lowest BCUT2D eigenvalue weighted by molar-refractivity contribution is 0.362. The normalized spacial score (nSPS) is 11.3. The maximum Gasteiger partial charge on any atom is 0.293 e. The van der Waals surface area contributed by atoms with Crippen LogP contribution < -0.4 is 5.56 Å². The zero-order valence-corrected chi connectivity index (χ0v) is 16.6. The van der Waals surface area contributed by atoms with E-state index in [2.05, 4.69) is 36.3 Å². The summed E-state index contributed by atoms with van der Waals surface area (Å²) in [7, 11) is 0. The summed E-state index contributed by atoms with van der Waals surface area (Å²) in [6, 6.07) is 13.2. The summed E-state index contributed by atoms with van der Waals surface area (Å²) >= 11 is 4.96. The van der Waals surface area contributed by atoms with Crippen molar-refractivity contribution in [2.45, 2.75) is 6.54 Å². The molecule has 4 heterocycles. The molecule has 10 heteroatoms. The number of hydrogen-bond donors (Lipinski definition) is 0. The van der Waals surface area contributed by atoms with Gasteiger partial charge in [0.15, 0.2) is 0 Å². The van der Waals surface area contributed by atoms with Crippen LogP contribution in [0.2, 0.25) is 0 Å². The van der Waals surface area contributed by atoms with Crippen LogP contribution in [0.15, 0.2) is 68.0 Å². The van der Waals surface area contributed by atoms with Gasteiger partial charge in [0.2, 0.25) is 11.7 Å². The molecule has 0 unspecified atom stereocenters. The van der Waals surface area contributed by atoms with Crippen molar-refractivity contribution in [3.8, 4) is 22.0 Å². The molecule has 8 nitrogen and oxygen atoms in total. The van der Waals surface area contributed by atoms with E-state index < -0.39 is 0 Å². The smallest absolute Gasteiger partial charge is 0.293 e. The van der Waals surface area contributed by atoms with E-state index in [9.17, 15) is 4.79 Å². The molecule has 0 amide bonds. The predicted molar refractivity (Wildman–Crippen MR) is 107 cm³/mol. The van der Waals surface area contributed by atoms with E-state index >= 15 is 0 Å². The van der Waals surface area contributed by atoms with Crippen LogP contribution in [0, 0.1) is 0 Å². The van der Waals surface area contributed by atoms with Crippen LogP contribution in [-0.4, -0.2) is 29.5 Å². The molecule has 0 saturated carbocycles. The van der Waals surface area contributed by atoms with Crippen molar-refractivity contribution >= 4 is 32.8 Å². The van der Waals surface area contributed by atoms with Gasteiger partial charge in [0.25, 0.3) is 5.56 Å². The van der Waals surface area contributed by atoms with Gasteiger partial charge in [0.05, 0.1) is 4.88 Å². The summed E-state index contributed by atoms with van der Waals surface area (Å²) in [6.45, 7) is 0.0817. The van der Waals surface area contributed by atoms with Gasteiger partial charge in [-0.25, -0.2) is 9.20 Å². The lowest BCUT2D eigenvalue weighted by atomic mass is 10.2. The lowest BCUT2D eigenvalue weighted by Gasteiger charge is -2.00. The molecule has 0 aliphatic carbocycles. The van der Waals surface area contributed by atoms with Crippen LogP contribution in [0.25, 0.3) is 27.5 Å². The minimum atomic E-state index is -0.277. The number of rotatable bonds is 4. The molecule has 28 heavy (non-hydrogen) atoms. The van der Waals surface area contributed by atoms with E-state index in [4.69, 9.17) is 4.52 Å². The van der Waals surface area contributed by atoms with Gasteiger partial charge in [-0.2, -0.15) is 15.2 Å². The van der Waals surface area contributed by atoms with Gasteiger partial charge in [0, 0.05) is 10.0 Å². The summed E-state index contributed by atoms with van der Waals surface area (Å²) in [6.07, 6.45) is 1.50. The molecule has 0 atom stereocenters. The minimum Gasteiger partial charge on any atom is -0.337 e. The fourth-order valence-electron chi connectivity index (χ4n) is 2.76. The Morgan fingerprint density at radius 3 is 2.82 bits per heavy atom. The first kappa shape index (κ1) is 17.0. The summed E-state index contributed by atoms with van der Waals surface area (Å²) in [5.41, 5.74) is 1.72. The molecule has 0 fully saturated rings. The average molecular weight is 455 g/mol. The SMILES string of the molecule is O=c1c2cc(-c3cccs3)nn2cnn1Cc1nc(-c2ccc(Br)cc2)no1. The fourth-order valence-corrected chi connectivity index (χ4v) is 3.70. The number of nitrogens with zero attached hydrogens (tertiary/aromatic N) is 6. The van der Waals surface area contributed by atoms with Crippen LogP contribution in [0.3, 0.4) is 0 Å². The van der Waals surface area contributed by atoms with E-state index in [1.807, 2.05) is 41.8 Å². The molecule has 0 radical (unpaired) electrons. The standard InChI is InChI=1S/C18H11BrN6O2S/c19-12-5-3-11(4-6-12)17-21-16(27-23-17)9-24-18(26)14-8-13(15-2-1-7-28-15)22-25(14)10-20-24/h1-8,10H,9H2. The highest BCUT2D eigenvalue weighted by Gasteiger charge is 2.14. The maximum absolute atomic E-state index is 12.8. The van der Waals surface area contributed by atoms with Gasteiger partial charge in [-0.3, -0.25) is 4.79 Å². The molecule has 0 aliphatic heterocycles. The number of thiophene rings is 1. The number of fused-ring (bicyclic) bond motifs is 1. The van der Waals surface area contributed by atoms with E-state index in [-0.39, 0.29) is 12.1 Å². The van der Waals surface area contributed by atoms with Crippen molar-refractivity contribution in [1.82, 2.24) is 29.5 Å². The van der Waals surface area contributed by atoms with Gasteiger partial charge in [0.1, 0.15) is 24.1 Å². The predicted octanol–water partition coefficient (Wildman–Crippen LogP) is 3.48. The van der Waals surface area contributed by atoms with Crippen LogP contribution >= 0.6 is 27.3 Å². The first-order valence-electron chi connectivity index (χ1n) is 8.25. The van der Waals surface area contributed by atoms with Gasteiger partial charge >= 0.3 is 0 Å². The van der Waals surface area contributed by atoms with E-state index in [0.29, 0.717) is 17.2 Å². The highest BCUT2D eigenvalue weighted by Crippen LogP contribution is 2.23. The van der Waals surface area contributed by atoms with Gasteiger partial charge in [-0.15, -0.1) is 11.3 Å². The Balaban J connectivity index is 1.46. The molecule has 0 aliphatic rings. The average Bonchev–Trinajstić information content (AvgIpc) is 3.45. The van der Waals surface area contributed by atoms with Gasteiger partial charge in [-0.05, 0) is 41.8 Å². The summed E-state index contributed by atoms with van der Waals surface area (Å²) < 4.78 is 9.02. The first-order chi connectivity index (χ1) is 13.7. The second kappa shape index (κ2) is 6.80. The highest BCUT2D eigenvalue weighted by molar-refractivity contribution is 9.10. The third-order valence-corrected chi connectivity index (χ3v) is 5.54. The van der Waals surface area contributed by atoms with Crippen LogP contribution in [0.1, 0.15) is 5.89 Å². The molecule has 0 saturated heterocycles. The Labute approximate surface area is 170 Å². The number of halogens is 1. The van der Waals surface area contributed by atoms with Crippen molar-refractivity contribution < 1.29 is 4.52 Å². The summed E-state index contributed by atoms with van der Waals surface area (Å²) in [5.74, 6) is 0.760. The Bertz CT molecular complexity index is 1320. The van der Waals surface area contributed by atoms with Crippen LogP contribution in [-0.2, 0) is 6.54 Å². The number of hydrogen-bond acceptors (Lipinski definition) is 7. The zero-order valence-electron chi connectivity index (χ0n) is 14.2. The highest BCUT2D eigenvalue weighted by atomic mass is 79.9. The quantitative estimate of drug-likeness (QED) is 0.412. The third-order valence-electron chi connectivity index (χ3n) is 4.12. The molecule has 5 rings (SSSR count). The van der Waals surface area contributed by atoms with Crippen molar-refractivity contribution in [3.05, 3.63) is 74.9 Å². The lowest BCUT2D eigenvalue weighted by Crippen LogP contribution is -2.25. The largest absolute Gasteiger partial charge is 0.337 e. The molecule has 0 N–H and O–H groups in total. The van der Waals surface area contributed by atoms with Crippen molar-refractivity contribution in [2.24, 2.45) is 0 Å². The Kier molecular flexibility index (Phi) is 4.14.